The first kappa shape index (κ1) is 14.9. The second kappa shape index (κ2) is 5.88. The molecule has 0 spiro atoms. The van der Waals surface area contributed by atoms with Crippen molar-refractivity contribution in [1.29, 1.82) is 0 Å². The molecule has 0 aliphatic carbocycles. The zero-order chi connectivity index (χ0) is 14.9. The average Bonchev–Trinajstić information content (AvgIpc) is 2.41. The molecule has 2 aromatic rings. The van der Waals surface area contributed by atoms with E-state index in [0.29, 0.717) is 11.3 Å². The first-order chi connectivity index (χ1) is 9.43. The van der Waals surface area contributed by atoms with Gasteiger partial charge in [0.25, 0.3) is 0 Å². The highest BCUT2D eigenvalue weighted by Gasteiger charge is 2.16. The molecule has 1 aromatic carbocycles. The van der Waals surface area contributed by atoms with E-state index in [1.54, 1.807) is 13.1 Å². The molecular formula is C13H10Br2N2O3. The molecule has 0 saturated heterocycles. The van der Waals surface area contributed by atoms with Crippen molar-refractivity contribution in [3.05, 3.63) is 54.8 Å². The Morgan fingerprint density at radius 3 is 2.65 bits per heavy atom. The summed E-state index contributed by atoms with van der Waals surface area (Å²) in [4.78, 5) is 23.5. The van der Waals surface area contributed by atoms with E-state index in [1.807, 2.05) is 18.2 Å². The summed E-state index contributed by atoms with van der Waals surface area (Å²) < 4.78 is 7.73. The lowest BCUT2D eigenvalue weighted by Gasteiger charge is -2.10. The highest BCUT2D eigenvalue weighted by atomic mass is 79.9. The van der Waals surface area contributed by atoms with Gasteiger partial charge in [-0.2, -0.15) is 5.10 Å². The molecular weight excluding hydrogens is 392 g/mol. The van der Waals surface area contributed by atoms with Gasteiger partial charge < -0.3 is 4.74 Å². The van der Waals surface area contributed by atoms with Gasteiger partial charge in [0.2, 0.25) is 11.1 Å². The summed E-state index contributed by atoms with van der Waals surface area (Å²) in [6, 6.07) is 5.50. The van der Waals surface area contributed by atoms with Gasteiger partial charge in [-0.15, -0.1) is 0 Å². The molecule has 0 unspecified atom stereocenters. The van der Waals surface area contributed by atoms with Crippen LogP contribution in [0.3, 0.4) is 0 Å². The van der Waals surface area contributed by atoms with Gasteiger partial charge in [0.15, 0.2) is 0 Å². The van der Waals surface area contributed by atoms with Crippen LogP contribution in [0.15, 0.2) is 38.1 Å². The maximum Gasteiger partial charge on any atom is 0.362 e. The highest BCUT2D eigenvalue weighted by Crippen LogP contribution is 2.24. The molecule has 0 N–H and O–H groups in total. The van der Waals surface area contributed by atoms with Crippen molar-refractivity contribution in [3.63, 3.8) is 0 Å². The molecule has 0 aliphatic heterocycles. The zero-order valence-corrected chi connectivity index (χ0v) is 13.9. The van der Waals surface area contributed by atoms with Gasteiger partial charge in [0.1, 0.15) is 0 Å². The Kier molecular flexibility index (Phi) is 4.39. The van der Waals surface area contributed by atoms with Gasteiger partial charge >= 0.3 is 5.97 Å². The first-order valence-electron chi connectivity index (χ1n) is 5.58. The van der Waals surface area contributed by atoms with Crippen molar-refractivity contribution in [2.75, 3.05) is 7.11 Å². The van der Waals surface area contributed by atoms with Crippen LogP contribution in [0, 0.1) is 6.92 Å². The lowest BCUT2D eigenvalue weighted by atomic mass is 10.2. The van der Waals surface area contributed by atoms with Crippen LogP contribution in [0.25, 0.3) is 5.69 Å². The summed E-state index contributed by atoms with van der Waals surface area (Å²) in [6.07, 6.45) is 1.57. The predicted molar refractivity (Wildman–Crippen MR) is 81.3 cm³/mol. The lowest BCUT2D eigenvalue weighted by molar-refractivity contribution is 0.0590. The van der Waals surface area contributed by atoms with Gasteiger partial charge in [-0.05, 0) is 41.1 Å². The molecule has 0 fully saturated rings. The molecule has 5 nitrogen and oxygen atoms in total. The largest absolute Gasteiger partial charge is 0.464 e. The molecule has 0 bridgehead atoms. The number of carbonyl (C=O) groups excluding carboxylic acids is 1. The van der Waals surface area contributed by atoms with Crippen LogP contribution in [0.5, 0.6) is 0 Å². The van der Waals surface area contributed by atoms with Crippen LogP contribution >= 0.6 is 31.9 Å². The van der Waals surface area contributed by atoms with Crippen LogP contribution in [0.4, 0.5) is 0 Å². The smallest absolute Gasteiger partial charge is 0.362 e. The summed E-state index contributed by atoms with van der Waals surface area (Å²) in [5, 5.41) is 4.05. The number of hydrogen-bond donors (Lipinski definition) is 0. The Morgan fingerprint density at radius 2 is 2.05 bits per heavy atom. The topological polar surface area (TPSA) is 61.2 Å². The van der Waals surface area contributed by atoms with Crippen molar-refractivity contribution in [1.82, 2.24) is 9.78 Å². The van der Waals surface area contributed by atoms with Crippen LogP contribution in [-0.4, -0.2) is 22.9 Å². The minimum atomic E-state index is -0.749. The quantitative estimate of drug-likeness (QED) is 0.726. The second-order valence-electron chi connectivity index (χ2n) is 4.02. The first-order valence-corrected chi connectivity index (χ1v) is 7.17. The summed E-state index contributed by atoms with van der Waals surface area (Å²) in [5.41, 5.74) is 0.459. The zero-order valence-electron chi connectivity index (χ0n) is 10.7. The Labute approximate surface area is 131 Å². The molecule has 0 atom stereocenters. The van der Waals surface area contributed by atoms with E-state index in [2.05, 4.69) is 41.7 Å². The minimum Gasteiger partial charge on any atom is -0.464 e. The maximum atomic E-state index is 11.9. The molecule has 20 heavy (non-hydrogen) atoms. The number of hydrogen-bond acceptors (Lipinski definition) is 4. The Hall–Kier alpha value is -1.47. The van der Waals surface area contributed by atoms with Crippen molar-refractivity contribution < 1.29 is 9.53 Å². The monoisotopic (exact) mass is 400 g/mol. The molecule has 0 saturated carbocycles. The van der Waals surface area contributed by atoms with Gasteiger partial charge in [-0.1, -0.05) is 15.9 Å². The number of esters is 1. The number of carbonyl (C=O) groups is 1. The number of methoxy groups -OCH3 is 1. The number of aromatic nitrogens is 2. The number of rotatable bonds is 2. The third-order valence-electron chi connectivity index (χ3n) is 2.63. The number of halogens is 2. The molecule has 2 rings (SSSR count). The van der Waals surface area contributed by atoms with Crippen LogP contribution in [0.2, 0.25) is 0 Å². The summed E-state index contributed by atoms with van der Waals surface area (Å²) >= 11 is 6.78. The van der Waals surface area contributed by atoms with E-state index >= 15 is 0 Å². The van der Waals surface area contributed by atoms with Gasteiger partial charge in [0, 0.05) is 20.7 Å². The standard InChI is InChI=1S/C13H10Br2N2O3/c1-7-6-17(10-4-3-8(14)5-9(10)15)16-11(12(7)18)13(19)20-2/h3-6H,1-2H3. The van der Waals surface area contributed by atoms with Gasteiger partial charge in [-0.25, -0.2) is 9.48 Å². The third-order valence-corrected chi connectivity index (χ3v) is 3.76. The summed E-state index contributed by atoms with van der Waals surface area (Å²) in [6.45, 7) is 1.62. The van der Waals surface area contributed by atoms with E-state index in [4.69, 9.17) is 0 Å². The van der Waals surface area contributed by atoms with E-state index in [-0.39, 0.29) is 5.69 Å². The number of ether oxygens (including phenoxy) is 1. The van der Waals surface area contributed by atoms with Crippen molar-refractivity contribution in [2.45, 2.75) is 6.92 Å². The molecule has 1 heterocycles. The van der Waals surface area contributed by atoms with Gasteiger partial charge in [-0.3, -0.25) is 4.79 Å². The lowest BCUT2D eigenvalue weighted by Crippen LogP contribution is -2.24. The SMILES string of the molecule is COC(=O)c1nn(-c2ccc(Br)cc2Br)cc(C)c1=O. The number of aryl methyl sites for hydroxylation is 1. The Morgan fingerprint density at radius 1 is 1.35 bits per heavy atom. The molecule has 0 amide bonds. The fourth-order valence-corrected chi connectivity index (χ4v) is 2.86. The van der Waals surface area contributed by atoms with E-state index < -0.39 is 11.4 Å². The van der Waals surface area contributed by atoms with Crippen LogP contribution in [-0.2, 0) is 4.74 Å². The second-order valence-corrected chi connectivity index (χ2v) is 5.79. The molecule has 0 aliphatic rings. The summed E-state index contributed by atoms with van der Waals surface area (Å²) in [7, 11) is 1.21. The number of nitrogens with zero attached hydrogens (tertiary/aromatic N) is 2. The van der Waals surface area contributed by atoms with E-state index in [9.17, 15) is 9.59 Å². The average molecular weight is 402 g/mol. The van der Waals surface area contributed by atoms with E-state index in [1.165, 1.54) is 11.8 Å². The van der Waals surface area contributed by atoms with Crippen molar-refractivity contribution in [2.24, 2.45) is 0 Å². The van der Waals surface area contributed by atoms with Crippen LogP contribution in [0.1, 0.15) is 16.1 Å². The molecule has 0 radical (unpaired) electrons. The maximum absolute atomic E-state index is 11.9. The molecule has 1 aromatic heterocycles. The molecule has 7 heteroatoms. The highest BCUT2D eigenvalue weighted by molar-refractivity contribution is 9.11. The number of benzene rings is 1. The van der Waals surface area contributed by atoms with Gasteiger partial charge in [0.05, 0.1) is 12.8 Å². The predicted octanol–water partition coefficient (Wildman–Crippen LogP) is 2.85. The van der Waals surface area contributed by atoms with E-state index in [0.717, 1.165) is 8.95 Å². The third kappa shape index (κ3) is 2.83. The van der Waals surface area contributed by atoms with Crippen LogP contribution < -0.4 is 5.43 Å². The van der Waals surface area contributed by atoms with Crippen molar-refractivity contribution >= 4 is 37.8 Å². The fourth-order valence-electron chi connectivity index (χ4n) is 1.63. The fraction of sp³-hybridized carbons (Fsp3) is 0.154. The minimum absolute atomic E-state index is 0.234. The van der Waals surface area contributed by atoms with Crippen molar-refractivity contribution in [3.8, 4) is 5.69 Å². The Bertz CT molecular complexity index is 741. The Balaban J connectivity index is 2.67. The summed E-state index contributed by atoms with van der Waals surface area (Å²) in [5.74, 6) is -0.749. The normalized spacial score (nSPS) is 10.4. The molecule has 104 valence electrons.